The molecule has 0 spiro atoms. The van der Waals surface area contributed by atoms with Crippen LogP contribution in [0.15, 0.2) is 54.6 Å². The van der Waals surface area contributed by atoms with Crippen molar-refractivity contribution in [3.63, 3.8) is 0 Å². The number of rotatable bonds is 1. The molecular formula is C18H19INP. The van der Waals surface area contributed by atoms with Gasteiger partial charge in [-0.3, -0.25) is 0 Å². The Morgan fingerprint density at radius 3 is 2.48 bits per heavy atom. The molecule has 0 saturated carbocycles. The fourth-order valence-electron chi connectivity index (χ4n) is 3.44. The van der Waals surface area contributed by atoms with E-state index in [4.69, 9.17) is 0 Å². The molecule has 108 valence electrons. The van der Waals surface area contributed by atoms with Crippen molar-refractivity contribution < 1.29 is 24.0 Å². The third-order valence-corrected chi connectivity index (χ3v) is 8.41. The summed E-state index contributed by atoms with van der Waals surface area (Å²) in [6.07, 6.45) is 3.77. The Morgan fingerprint density at radius 2 is 1.67 bits per heavy atom. The molecule has 4 rings (SSSR count). The van der Waals surface area contributed by atoms with Gasteiger partial charge in [0.15, 0.2) is 0 Å². The maximum absolute atomic E-state index is 3.62. The van der Waals surface area contributed by atoms with Crippen molar-refractivity contribution in [3.8, 4) is 0 Å². The largest absolute Gasteiger partial charge is 1.00 e. The Bertz CT molecular complexity index is 765. The van der Waals surface area contributed by atoms with Crippen molar-refractivity contribution in [3.05, 3.63) is 65.9 Å². The summed E-state index contributed by atoms with van der Waals surface area (Å²) in [4.78, 5) is 3.62. The van der Waals surface area contributed by atoms with E-state index in [0.29, 0.717) is 0 Å². The number of aromatic amines is 1. The summed E-state index contributed by atoms with van der Waals surface area (Å²) >= 11 is 0. The van der Waals surface area contributed by atoms with Gasteiger partial charge in [0.05, 0.1) is 24.3 Å². The minimum atomic E-state index is -1.04. The van der Waals surface area contributed by atoms with Crippen LogP contribution in [-0.4, -0.2) is 17.8 Å². The molecule has 1 unspecified atom stereocenters. The number of H-pyrrole nitrogens is 1. The second kappa shape index (κ2) is 5.73. The molecule has 2 aromatic carbocycles. The number of aromatic nitrogens is 1. The highest BCUT2D eigenvalue weighted by atomic mass is 127. The van der Waals surface area contributed by atoms with Crippen LogP contribution in [0.25, 0.3) is 10.9 Å². The topological polar surface area (TPSA) is 15.8 Å². The predicted octanol–water partition coefficient (Wildman–Crippen LogP) is 1.20. The second-order valence-corrected chi connectivity index (χ2v) is 10.1. The van der Waals surface area contributed by atoms with E-state index in [0.717, 1.165) is 0 Å². The molecule has 1 nitrogen and oxygen atoms in total. The first-order chi connectivity index (χ1) is 9.76. The number of hydrogen-bond acceptors (Lipinski definition) is 0. The van der Waals surface area contributed by atoms with E-state index in [2.05, 4.69) is 66.2 Å². The summed E-state index contributed by atoms with van der Waals surface area (Å²) in [6.45, 7) is 2.52. The number of benzene rings is 2. The first-order valence-corrected chi connectivity index (χ1v) is 9.85. The maximum atomic E-state index is 3.62. The van der Waals surface area contributed by atoms with Gasteiger partial charge < -0.3 is 29.0 Å². The summed E-state index contributed by atoms with van der Waals surface area (Å²) in [7, 11) is -1.04. The maximum Gasteiger partial charge on any atom is 0.0940 e. The molecule has 1 aromatic heterocycles. The molecule has 0 amide bonds. The van der Waals surface area contributed by atoms with Gasteiger partial charge in [0, 0.05) is 35.8 Å². The molecule has 1 aliphatic heterocycles. The van der Waals surface area contributed by atoms with E-state index in [-0.39, 0.29) is 24.0 Å². The number of para-hydroxylation sites is 1. The summed E-state index contributed by atoms with van der Waals surface area (Å²) in [5.41, 5.74) is 4.35. The van der Waals surface area contributed by atoms with Crippen LogP contribution in [0.2, 0.25) is 0 Å². The summed E-state index contributed by atoms with van der Waals surface area (Å²) in [5.74, 6) is 0. The molecule has 0 fully saturated rings. The van der Waals surface area contributed by atoms with Crippen LogP contribution < -0.4 is 29.3 Å². The third-order valence-electron chi connectivity index (χ3n) is 4.64. The average molecular weight is 407 g/mol. The van der Waals surface area contributed by atoms with Crippen molar-refractivity contribution in [2.45, 2.75) is 12.6 Å². The van der Waals surface area contributed by atoms with E-state index in [1.165, 1.54) is 35.3 Å². The predicted molar refractivity (Wildman–Crippen MR) is 89.5 cm³/mol. The monoisotopic (exact) mass is 407 g/mol. The molecule has 2 heterocycles. The molecule has 1 aliphatic rings. The zero-order valence-corrected chi connectivity index (χ0v) is 15.2. The molecule has 0 aliphatic carbocycles. The van der Waals surface area contributed by atoms with Crippen molar-refractivity contribution >= 4 is 23.5 Å². The molecule has 3 heteroatoms. The summed E-state index contributed by atoms with van der Waals surface area (Å²) in [5, 5.41) is 3.01. The number of fused-ring (bicyclic) bond motifs is 3. The number of aryl methyl sites for hydroxylation is 1. The smallest absolute Gasteiger partial charge is 0.0940 e. The van der Waals surface area contributed by atoms with Crippen LogP contribution in [0.1, 0.15) is 11.3 Å². The number of hydrogen-bond donors (Lipinski definition) is 1. The summed E-state index contributed by atoms with van der Waals surface area (Å²) < 4.78 is 0. The van der Waals surface area contributed by atoms with Crippen LogP contribution in [-0.2, 0) is 12.6 Å². The molecule has 0 bridgehead atoms. The van der Waals surface area contributed by atoms with Crippen LogP contribution >= 0.6 is 7.26 Å². The van der Waals surface area contributed by atoms with Crippen LogP contribution in [0, 0.1) is 0 Å². The van der Waals surface area contributed by atoms with Crippen LogP contribution in [0.3, 0.4) is 0 Å². The van der Waals surface area contributed by atoms with Crippen molar-refractivity contribution in [1.82, 2.24) is 4.98 Å². The Balaban J connectivity index is 0.00000132. The lowest BCUT2D eigenvalue weighted by Crippen LogP contribution is -3.00. The van der Waals surface area contributed by atoms with E-state index in [1.54, 1.807) is 10.9 Å². The third kappa shape index (κ3) is 2.53. The Labute approximate surface area is 143 Å². The van der Waals surface area contributed by atoms with Gasteiger partial charge in [-0.2, -0.15) is 0 Å². The lowest BCUT2D eigenvalue weighted by Gasteiger charge is -2.27. The van der Waals surface area contributed by atoms with Crippen molar-refractivity contribution in [1.29, 1.82) is 0 Å². The Morgan fingerprint density at radius 1 is 0.952 bits per heavy atom. The van der Waals surface area contributed by atoms with Gasteiger partial charge in [0.25, 0.3) is 0 Å². The first-order valence-electron chi connectivity index (χ1n) is 7.25. The summed E-state index contributed by atoms with van der Waals surface area (Å²) in [6, 6.07) is 19.9. The molecule has 0 radical (unpaired) electrons. The van der Waals surface area contributed by atoms with Gasteiger partial charge in [0.1, 0.15) is 0 Å². The highest BCUT2D eigenvalue weighted by Crippen LogP contribution is 2.60. The van der Waals surface area contributed by atoms with Gasteiger partial charge in [0.2, 0.25) is 0 Å². The highest BCUT2D eigenvalue weighted by molar-refractivity contribution is 7.81. The molecular weight excluding hydrogens is 388 g/mol. The van der Waals surface area contributed by atoms with E-state index in [1.807, 2.05) is 0 Å². The normalized spacial score (nSPS) is 20.8. The standard InChI is InChI=1S/C18H19NP.HI/c1-20(14-7-3-2-4-8-14)12-11-18-16(13-20)15-9-5-6-10-17(15)19-18;/h2-10,19H,11-13H2,1H3;1H/q+1;/p-1. The zero-order chi connectivity index (χ0) is 13.6. The molecule has 3 aromatic rings. The lowest BCUT2D eigenvalue weighted by atomic mass is 10.1. The molecule has 1 N–H and O–H groups in total. The van der Waals surface area contributed by atoms with E-state index in [9.17, 15) is 0 Å². The molecule has 0 saturated heterocycles. The first kappa shape index (κ1) is 15.1. The van der Waals surface area contributed by atoms with Crippen LogP contribution in [0.4, 0.5) is 0 Å². The Kier molecular flexibility index (Phi) is 4.11. The zero-order valence-electron chi connectivity index (χ0n) is 12.1. The molecule has 21 heavy (non-hydrogen) atoms. The quantitative estimate of drug-likeness (QED) is 0.461. The van der Waals surface area contributed by atoms with E-state index >= 15 is 0 Å². The Hall–Kier alpha value is -0.860. The van der Waals surface area contributed by atoms with Crippen molar-refractivity contribution in [2.75, 3.05) is 12.8 Å². The average Bonchev–Trinajstić information content (AvgIpc) is 2.86. The van der Waals surface area contributed by atoms with Gasteiger partial charge in [-0.05, 0) is 18.2 Å². The highest BCUT2D eigenvalue weighted by Gasteiger charge is 2.39. The number of nitrogens with one attached hydrogen (secondary N) is 1. The lowest BCUT2D eigenvalue weighted by molar-refractivity contribution is -0.00000409. The van der Waals surface area contributed by atoms with Crippen LogP contribution in [0.5, 0.6) is 0 Å². The minimum Gasteiger partial charge on any atom is -1.00 e. The second-order valence-electron chi connectivity index (χ2n) is 5.99. The SMILES string of the molecule is C[P+]1(c2ccccc2)CCc2[nH]c3ccccc3c2C1.[I-]. The van der Waals surface area contributed by atoms with E-state index < -0.39 is 7.26 Å². The fourth-order valence-corrected chi connectivity index (χ4v) is 6.71. The van der Waals surface area contributed by atoms with Gasteiger partial charge in [-0.1, -0.05) is 36.4 Å². The number of halogens is 1. The van der Waals surface area contributed by atoms with Gasteiger partial charge in [-0.25, -0.2) is 0 Å². The molecule has 1 atom stereocenters. The van der Waals surface area contributed by atoms with Crippen molar-refractivity contribution in [2.24, 2.45) is 0 Å². The van der Waals surface area contributed by atoms with Gasteiger partial charge >= 0.3 is 0 Å². The fraction of sp³-hybridized carbons (Fsp3) is 0.222. The van der Waals surface area contributed by atoms with Gasteiger partial charge in [-0.15, -0.1) is 0 Å². The minimum absolute atomic E-state index is 0.